The third-order valence-electron chi connectivity index (χ3n) is 6.57. The molecule has 0 heteroatoms. The van der Waals surface area contributed by atoms with E-state index in [9.17, 15) is 0 Å². The topological polar surface area (TPSA) is 0 Å². The third kappa shape index (κ3) is 32.3. The van der Waals surface area contributed by atoms with E-state index in [1.807, 2.05) is 60.6 Å². The van der Waals surface area contributed by atoms with Crippen LogP contribution in [0, 0.1) is 5.41 Å². The maximum absolute atomic E-state index is 4.27. The van der Waals surface area contributed by atoms with Crippen LogP contribution in [0.2, 0.25) is 0 Å². The summed E-state index contributed by atoms with van der Waals surface area (Å²) in [6.07, 6.45) is 17.3. The molecule has 0 atom stereocenters. The highest BCUT2D eigenvalue weighted by molar-refractivity contribution is 5.77. The number of hydrogen-bond acceptors (Lipinski definition) is 0. The van der Waals surface area contributed by atoms with Crippen LogP contribution in [0.3, 0.4) is 0 Å². The molecule has 0 bridgehead atoms. The van der Waals surface area contributed by atoms with Gasteiger partial charge in [0.15, 0.2) is 0 Å². The zero-order valence-electron chi connectivity index (χ0n) is 33.2. The number of rotatable bonds is 9. The molecule has 1 aromatic rings. The van der Waals surface area contributed by atoms with E-state index in [0.29, 0.717) is 5.41 Å². The fourth-order valence-corrected chi connectivity index (χ4v) is 3.29. The predicted molar refractivity (Wildman–Crippen MR) is 213 cm³/mol. The first-order valence-corrected chi connectivity index (χ1v) is 17.1. The lowest BCUT2D eigenvalue weighted by atomic mass is 9.85. The molecule has 0 aliphatic carbocycles. The van der Waals surface area contributed by atoms with Crippen molar-refractivity contribution < 1.29 is 0 Å². The Hall–Kier alpha value is -2.60. The first-order valence-electron chi connectivity index (χ1n) is 17.1. The molecule has 0 heterocycles. The SMILES string of the molecule is C=C(/C(C)=C\C(C)=C(C)C)c1cccc(C(C)(C)C)c1.C=C(C)/C=C\C/C=C\C.C=CC.CC.CC.CCCC(C)(C)CC. The van der Waals surface area contributed by atoms with E-state index in [-0.39, 0.29) is 5.41 Å². The summed E-state index contributed by atoms with van der Waals surface area (Å²) in [6.45, 7) is 49.7. The summed E-state index contributed by atoms with van der Waals surface area (Å²) in [5.74, 6) is 0. The van der Waals surface area contributed by atoms with Crippen LogP contribution in [0.4, 0.5) is 0 Å². The molecule has 44 heavy (non-hydrogen) atoms. The molecule has 0 aliphatic rings. The average Bonchev–Trinajstić information content (AvgIpc) is 2.97. The molecule has 0 N–H and O–H groups in total. The van der Waals surface area contributed by atoms with Gasteiger partial charge in [-0.05, 0) is 94.4 Å². The zero-order valence-corrected chi connectivity index (χ0v) is 33.2. The second kappa shape index (κ2) is 31.8. The van der Waals surface area contributed by atoms with Crippen LogP contribution in [-0.4, -0.2) is 0 Å². The highest BCUT2D eigenvalue weighted by atomic mass is 14.2. The van der Waals surface area contributed by atoms with Crippen LogP contribution < -0.4 is 0 Å². The minimum Gasteiger partial charge on any atom is -0.103 e. The first kappa shape index (κ1) is 51.0. The highest BCUT2D eigenvalue weighted by Crippen LogP contribution is 2.28. The van der Waals surface area contributed by atoms with Crippen molar-refractivity contribution in [1.29, 1.82) is 0 Å². The van der Waals surface area contributed by atoms with Gasteiger partial charge >= 0.3 is 0 Å². The van der Waals surface area contributed by atoms with Gasteiger partial charge in [0.1, 0.15) is 0 Å². The number of benzene rings is 1. The van der Waals surface area contributed by atoms with Crippen molar-refractivity contribution in [2.75, 3.05) is 0 Å². The smallest absolute Gasteiger partial charge is 0.0132 e. The summed E-state index contributed by atoms with van der Waals surface area (Å²) in [6, 6.07) is 8.73. The molecule has 0 saturated heterocycles. The lowest BCUT2D eigenvalue weighted by molar-refractivity contribution is 0.319. The summed E-state index contributed by atoms with van der Waals surface area (Å²) in [7, 11) is 0. The second-order valence-electron chi connectivity index (χ2n) is 12.5. The van der Waals surface area contributed by atoms with Crippen LogP contribution in [0.1, 0.15) is 161 Å². The molecule has 0 aliphatic heterocycles. The van der Waals surface area contributed by atoms with Crippen LogP contribution >= 0.6 is 0 Å². The van der Waals surface area contributed by atoms with Crippen molar-refractivity contribution in [3.63, 3.8) is 0 Å². The van der Waals surface area contributed by atoms with Crippen molar-refractivity contribution in [3.8, 4) is 0 Å². The van der Waals surface area contributed by atoms with E-state index in [4.69, 9.17) is 0 Å². The number of hydrogen-bond donors (Lipinski definition) is 0. The Morgan fingerprint density at radius 1 is 0.818 bits per heavy atom. The van der Waals surface area contributed by atoms with Gasteiger partial charge in [0.2, 0.25) is 0 Å². The van der Waals surface area contributed by atoms with Gasteiger partial charge in [0, 0.05) is 0 Å². The van der Waals surface area contributed by atoms with E-state index < -0.39 is 0 Å². The Kier molecular flexibility index (Phi) is 36.9. The van der Waals surface area contributed by atoms with E-state index >= 15 is 0 Å². The van der Waals surface area contributed by atoms with Crippen molar-refractivity contribution in [2.24, 2.45) is 5.41 Å². The van der Waals surface area contributed by atoms with Crippen LogP contribution in [0.5, 0.6) is 0 Å². The summed E-state index contributed by atoms with van der Waals surface area (Å²) in [5.41, 5.74) is 9.44. The highest BCUT2D eigenvalue weighted by Gasteiger charge is 2.14. The molecular weight excluding hydrogens is 528 g/mol. The monoisotopic (exact) mass is 607 g/mol. The van der Waals surface area contributed by atoms with Gasteiger partial charge in [-0.25, -0.2) is 0 Å². The lowest BCUT2D eigenvalue weighted by Crippen LogP contribution is -2.11. The Labute approximate surface area is 280 Å². The molecular formula is C44H78. The lowest BCUT2D eigenvalue weighted by Gasteiger charge is -2.20. The van der Waals surface area contributed by atoms with Gasteiger partial charge in [-0.1, -0.05) is 180 Å². The Bertz CT molecular complexity index is 973. The third-order valence-corrected chi connectivity index (χ3v) is 6.57. The van der Waals surface area contributed by atoms with Crippen molar-refractivity contribution >= 4 is 5.57 Å². The zero-order chi connectivity index (χ0) is 35.9. The molecule has 0 radical (unpaired) electrons. The van der Waals surface area contributed by atoms with Gasteiger partial charge in [-0.15, -0.1) is 6.58 Å². The standard InChI is InChI=1S/C20H28.C9H14.C8H18.C3H6.2C2H6/c1-14(2)15(3)12-16(4)17(5)18-10-9-11-19(13-18)20(6,7)8;1-4-5-6-7-8-9(2)3;1-5-7-8(3,4)6-2;1-3-2;2*1-2/h9-13H,5H2,1-4,6-8H3;4-5,7-8H,2,6H2,1,3H3;5-7H2,1-4H3;3H,1H2,2H3;2*1-2H3/b16-12-;5-4-,8-7-;;;;. The largest absolute Gasteiger partial charge is 0.103 e. The Morgan fingerprint density at radius 3 is 1.66 bits per heavy atom. The van der Waals surface area contributed by atoms with E-state index in [1.54, 1.807) is 6.08 Å². The quantitative estimate of drug-likeness (QED) is 0.194. The summed E-state index contributed by atoms with van der Waals surface area (Å²) < 4.78 is 0. The molecule has 0 nitrogen and oxygen atoms in total. The fourth-order valence-electron chi connectivity index (χ4n) is 3.29. The van der Waals surface area contributed by atoms with Gasteiger partial charge in [0.05, 0.1) is 0 Å². The molecule has 254 valence electrons. The molecule has 0 spiro atoms. The van der Waals surface area contributed by atoms with Gasteiger partial charge in [0.25, 0.3) is 0 Å². The summed E-state index contributed by atoms with van der Waals surface area (Å²) >= 11 is 0. The molecule has 0 aromatic heterocycles. The van der Waals surface area contributed by atoms with Gasteiger partial charge < -0.3 is 0 Å². The van der Waals surface area contributed by atoms with E-state index in [2.05, 4.69) is 138 Å². The maximum Gasteiger partial charge on any atom is -0.0132 e. The molecule has 1 rings (SSSR count). The molecule has 1 aromatic carbocycles. The molecule has 0 saturated carbocycles. The minimum absolute atomic E-state index is 0.170. The van der Waals surface area contributed by atoms with Gasteiger partial charge in [-0.3, -0.25) is 0 Å². The van der Waals surface area contributed by atoms with Crippen LogP contribution in [0.15, 0.2) is 103 Å². The number of allylic oxidation sites excluding steroid dienone is 11. The normalized spacial score (nSPS) is 10.6. The summed E-state index contributed by atoms with van der Waals surface area (Å²) in [5, 5.41) is 0. The minimum atomic E-state index is 0.170. The van der Waals surface area contributed by atoms with E-state index in [0.717, 1.165) is 17.6 Å². The summed E-state index contributed by atoms with van der Waals surface area (Å²) in [4.78, 5) is 0. The van der Waals surface area contributed by atoms with Crippen LogP contribution in [0.25, 0.3) is 5.57 Å². The van der Waals surface area contributed by atoms with E-state index in [1.165, 1.54) is 47.1 Å². The van der Waals surface area contributed by atoms with Gasteiger partial charge in [-0.2, -0.15) is 0 Å². The molecule has 0 amide bonds. The van der Waals surface area contributed by atoms with Crippen molar-refractivity contribution in [2.45, 2.75) is 156 Å². The van der Waals surface area contributed by atoms with Crippen molar-refractivity contribution in [3.05, 3.63) is 114 Å². The average molecular weight is 607 g/mol. The van der Waals surface area contributed by atoms with Crippen molar-refractivity contribution in [1.82, 2.24) is 0 Å². The molecule has 0 unspecified atom stereocenters. The Morgan fingerprint density at radius 2 is 1.32 bits per heavy atom. The first-order chi connectivity index (χ1) is 20.4. The Balaban J connectivity index is -0.000000176. The van der Waals surface area contributed by atoms with Crippen LogP contribution in [-0.2, 0) is 5.41 Å². The second-order valence-corrected chi connectivity index (χ2v) is 12.5. The molecule has 0 fully saturated rings. The predicted octanol–water partition coefficient (Wildman–Crippen LogP) is 15.9. The fraction of sp³-hybridized carbons (Fsp3) is 0.545. The maximum atomic E-state index is 4.27.